The molecule has 1 aromatic carbocycles. The van der Waals surface area contributed by atoms with Gasteiger partial charge >= 0.3 is 0 Å². The molecule has 2 aromatic rings. The minimum Gasteiger partial charge on any atom is -0.345 e. The molecule has 0 saturated carbocycles. The molecule has 1 atom stereocenters. The zero-order chi connectivity index (χ0) is 16.1. The summed E-state index contributed by atoms with van der Waals surface area (Å²) < 4.78 is 2.39. The van der Waals surface area contributed by atoms with E-state index in [1.54, 1.807) is 13.0 Å². The molecule has 0 bridgehead atoms. The van der Waals surface area contributed by atoms with Crippen LogP contribution < -0.4 is 10.6 Å². The zero-order valence-electron chi connectivity index (χ0n) is 12.2. The molecule has 0 aliphatic rings. The van der Waals surface area contributed by atoms with Crippen LogP contribution in [0.2, 0.25) is 0 Å². The van der Waals surface area contributed by atoms with Crippen molar-refractivity contribution in [2.24, 2.45) is 0 Å². The number of hydrogen-bond acceptors (Lipinski definition) is 4. The summed E-state index contributed by atoms with van der Waals surface area (Å²) in [5, 5.41) is 9.19. The number of hydrogen-bond donors (Lipinski definition) is 2. The SMILES string of the molecule is Cc1cc(NC(=O)CNC(=O)[C@@H](C)n2cncn2)ccc1Br. The first-order chi connectivity index (χ1) is 10.5. The van der Waals surface area contributed by atoms with Gasteiger partial charge in [-0.1, -0.05) is 15.9 Å². The van der Waals surface area contributed by atoms with E-state index in [-0.39, 0.29) is 18.4 Å². The molecule has 7 nitrogen and oxygen atoms in total. The lowest BCUT2D eigenvalue weighted by atomic mass is 10.2. The van der Waals surface area contributed by atoms with Crippen LogP contribution in [-0.4, -0.2) is 33.1 Å². The molecule has 1 heterocycles. The molecular formula is C14H16BrN5O2. The van der Waals surface area contributed by atoms with Crippen LogP contribution in [0.1, 0.15) is 18.5 Å². The molecule has 0 unspecified atom stereocenters. The summed E-state index contributed by atoms with van der Waals surface area (Å²) in [6.45, 7) is 3.51. The molecule has 2 N–H and O–H groups in total. The Kier molecular flexibility index (Phi) is 5.26. The molecule has 0 spiro atoms. The fraction of sp³-hybridized carbons (Fsp3) is 0.286. The van der Waals surface area contributed by atoms with Crippen molar-refractivity contribution in [3.05, 3.63) is 40.9 Å². The third-order valence-electron chi connectivity index (χ3n) is 3.08. The van der Waals surface area contributed by atoms with Gasteiger partial charge in [0.25, 0.3) is 0 Å². The highest BCUT2D eigenvalue weighted by molar-refractivity contribution is 9.10. The molecule has 1 aromatic heterocycles. The number of nitrogens with one attached hydrogen (secondary N) is 2. The summed E-state index contributed by atoms with van der Waals surface area (Å²) in [4.78, 5) is 27.5. The van der Waals surface area contributed by atoms with Gasteiger partial charge in [-0.15, -0.1) is 0 Å². The van der Waals surface area contributed by atoms with E-state index >= 15 is 0 Å². The summed E-state index contributed by atoms with van der Waals surface area (Å²) in [5.41, 5.74) is 1.70. The Morgan fingerprint density at radius 3 is 2.82 bits per heavy atom. The van der Waals surface area contributed by atoms with Gasteiger partial charge in [0.1, 0.15) is 18.7 Å². The minimum atomic E-state index is -0.523. The van der Waals surface area contributed by atoms with Crippen molar-refractivity contribution < 1.29 is 9.59 Å². The van der Waals surface area contributed by atoms with Crippen LogP contribution in [0.4, 0.5) is 5.69 Å². The predicted molar refractivity (Wildman–Crippen MR) is 85.3 cm³/mol. The van der Waals surface area contributed by atoms with Gasteiger partial charge in [0.15, 0.2) is 0 Å². The van der Waals surface area contributed by atoms with Crippen molar-refractivity contribution in [3.63, 3.8) is 0 Å². The summed E-state index contributed by atoms with van der Waals surface area (Å²) in [7, 11) is 0. The fourth-order valence-electron chi connectivity index (χ4n) is 1.78. The number of aryl methyl sites for hydroxylation is 1. The average Bonchev–Trinajstić information content (AvgIpc) is 3.02. The first-order valence-electron chi connectivity index (χ1n) is 6.65. The second-order valence-electron chi connectivity index (χ2n) is 4.78. The zero-order valence-corrected chi connectivity index (χ0v) is 13.8. The van der Waals surface area contributed by atoms with Crippen LogP contribution >= 0.6 is 15.9 Å². The Balaban J connectivity index is 1.84. The predicted octanol–water partition coefficient (Wildman–Crippen LogP) is 1.66. The van der Waals surface area contributed by atoms with Gasteiger partial charge in [-0.05, 0) is 37.6 Å². The standard InChI is InChI=1S/C14H16BrN5O2/c1-9-5-11(3-4-12(9)15)19-13(21)6-17-14(22)10(2)20-8-16-7-18-20/h3-5,7-8,10H,6H2,1-2H3,(H,17,22)(H,19,21)/t10-/m1/s1. The minimum absolute atomic E-state index is 0.104. The van der Waals surface area contributed by atoms with Crippen LogP contribution in [-0.2, 0) is 9.59 Å². The summed E-state index contributed by atoms with van der Waals surface area (Å²) >= 11 is 3.40. The lowest BCUT2D eigenvalue weighted by Gasteiger charge is -2.12. The van der Waals surface area contributed by atoms with E-state index in [0.717, 1.165) is 10.0 Å². The Morgan fingerprint density at radius 2 is 2.18 bits per heavy atom. The maximum atomic E-state index is 11.9. The normalized spacial score (nSPS) is 11.8. The highest BCUT2D eigenvalue weighted by atomic mass is 79.9. The van der Waals surface area contributed by atoms with Crippen molar-refractivity contribution in [2.45, 2.75) is 19.9 Å². The maximum absolute atomic E-state index is 11.9. The topological polar surface area (TPSA) is 88.9 Å². The van der Waals surface area contributed by atoms with Gasteiger partial charge < -0.3 is 10.6 Å². The average molecular weight is 366 g/mol. The van der Waals surface area contributed by atoms with E-state index < -0.39 is 6.04 Å². The van der Waals surface area contributed by atoms with E-state index in [0.29, 0.717) is 5.69 Å². The Hall–Kier alpha value is -2.22. The first-order valence-corrected chi connectivity index (χ1v) is 7.44. The largest absolute Gasteiger partial charge is 0.345 e. The Bertz CT molecular complexity index is 672. The molecule has 2 rings (SSSR count). The number of carbonyl (C=O) groups excluding carboxylic acids is 2. The van der Waals surface area contributed by atoms with Crippen molar-refractivity contribution >= 4 is 33.4 Å². The van der Waals surface area contributed by atoms with Crippen LogP contribution in [0.15, 0.2) is 35.3 Å². The molecule has 0 aliphatic carbocycles. The van der Waals surface area contributed by atoms with Gasteiger partial charge in [-0.2, -0.15) is 5.10 Å². The van der Waals surface area contributed by atoms with Crippen molar-refractivity contribution in [3.8, 4) is 0 Å². The third kappa shape index (κ3) is 4.14. The van der Waals surface area contributed by atoms with Crippen LogP contribution in [0.5, 0.6) is 0 Å². The van der Waals surface area contributed by atoms with E-state index in [1.807, 2.05) is 19.1 Å². The Labute approximate surface area is 136 Å². The van der Waals surface area contributed by atoms with Crippen molar-refractivity contribution in [1.29, 1.82) is 0 Å². The summed E-state index contributed by atoms with van der Waals surface area (Å²) in [5.74, 6) is -0.589. The summed E-state index contributed by atoms with van der Waals surface area (Å²) in [6, 6.07) is 4.97. The lowest BCUT2D eigenvalue weighted by Crippen LogP contribution is -2.37. The molecule has 8 heteroatoms. The monoisotopic (exact) mass is 365 g/mol. The number of halogens is 1. The second-order valence-corrected chi connectivity index (χ2v) is 5.64. The van der Waals surface area contributed by atoms with E-state index in [2.05, 4.69) is 36.6 Å². The van der Waals surface area contributed by atoms with Crippen LogP contribution in [0.25, 0.3) is 0 Å². The van der Waals surface area contributed by atoms with Gasteiger partial charge in [0.05, 0.1) is 6.54 Å². The van der Waals surface area contributed by atoms with Gasteiger partial charge in [-0.3, -0.25) is 9.59 Å². The molecule has 2 amide bonds. The lowest BCUT2D eigenvalue weighted by molar-refractivity contribution is -0.126. The maximum Gasteiger partial charge on any atom is 0.245 e. The smallest absolute Gasteiger partial charge is 0.245 e. The molecule has 0 fully saturated rings. The van der Waals surface area contributed by atoms with Crippen LogP contribution in [0, 0.1) is 6.92 Å². The van der Waals surface area contributed by atoms with E-state index in [4.69, 9.17) is 0 Å². The number of amides is 2. The van der Waals surface area contributed by atoms with Crippen molar-refractivity contribution in [1.82, 2.24) is 20.1 Å². The first kappa shape index (κ1) is 16.2. The highest BCUT2D eigenvalue weighted by Crippen LogP contribution is 2.19. The van der Waals surface area contributed by atoms with Crippen LogP contribution in [0.3, 0.4) is 0 Å². The number of nitrogens with zero attached hydrogens (tertiary/aromatic N) is 3. The molecule has 0 radical (unpaired) electrons. The van der Waals surface area contributed by atoms with Gasteiger partial charge in [-0.25, -0.2) is 9.67 Å². The second kappa shape index (κ2) is 7.17. The molecule has 116 valence electrons. The van der Waals surface area contributed by atoms with Gasteiger partial charge in [0.2, 0.25) is 11.8 Å². The van der Waals surface area contributed by atoms with E-state index in [1.165, 1.54) is 17.3 Å². The van der Waals surface area contributed by atoms with Gasteiger partial charge in [0, 0.05) is 10.2 Å². The number of rotatable bonds is 5. The van der Waals surface area contributed by atoms with Crippen molar-refractivity contribution in [2.75, 3.05) is 11.9 Å². The number of aromatic nitrogens is 3. The number of carbonyl (C=O) groups is 2. The third-order valence-corrected chi connectivity index (χ3v) is 3.97. The molecule has 0 saturated heterocycles. The van der Waals surface area contributed by atoms with E-state index in [9.17, 15) is 9.59 Å². The number of anilines is 1. The molecule has 22 heavy (non-hydrogen) atoms. The summed E-state index contributed by atoms with van der Waals surface area (Å²) in [6.07, 6.45) is 2.81. The quantitative estimate of drug-likeness (QED) is 0.843. The fourth-order valence-corrected chi connectivity index (χ4v) is 2.03. The number of benzene rings is 1. The Morgan fingerprint density at radius 1 is 1.41 bits per heavy atom. The molecule has 0 aliphatic heterocycles. The highest BCUT2D eigenvalue weighted by Gasteiger charge is 2.16. The molecular weight excluding hydrogens is 350 g/mol.